The summed E-state index contributed by atoms with van der Waals surface area (Å²) in [5.74, 6) is -0.0708. The first-order chi connectivity index (χ1) is 13.1. The molecule has 4 rings (SSSR count). The van der Waals surface area contributed by atoms with E-state index in [1.54, 1.807) is 0 Å². The standard InChI is InChI=1S/C24H23O2P/c1-18-22(25)17-23(19-11-5-2-6-12-19)27(26,21-15-9-4-10-16-21)24(18)20-13-7-3-8-14-20/h2-16,18,23-24H,17H2,1H3/t18-,23+,24-,27+/m1/s1. The van der Waals surface area contributed by atoms with Gasteiger partial charge in [0, 0.05) is 23.3 Å². The van der Waals surface area contributed by atoms with Crippen molar-refractivity contribution in [3.8, 4) is 0 Å². The zero-order chi connectivity index (χ0) is 18.9. The molecule has 1 saturated heterocycles. The van der Waals surface area contributed by atoms with Crippen LogP contribution in [0.1, 0.15) is 35.8 Å². The Morgan fingerprint density at radius 1 is 0.741 bits per heavy atom. The molecule has 136 valence electrons. The van der Waals surface area contributed by atoms with E-state index in [9.17, 15) is 9.36 Å². The molecule has 3 aromatic rings. The fourth-order valence-corrected chi connectivity index (χ4v) is 8.61. The van der Waals surface area contributed by atoms with Crippen LogP contribution >= 0.6 is 7.14 Å². The molecule has 1 aliphatic heterocycles. The molecule has 0 saturated carbocycles. The molecule has 2 nitrogen and oxygen atoms in total. The molecule has 1 fully saturated rings. The van der Waals surface area contributed by atoms with E-state index >= 15 is 0 Å². The molecule has 0 radical (unpaired) electrons. The highest BCUT2D eigenvalue weighted by Gasteiger charge is 2.52. The van der Waals surface area contributed by atoms with Gasteiger partial charge in [-0.1, -0.05) is 97.9 Å². The second kappa shape index (κ2) is 7.29. The number of carbonyl (C=O) groups is 1. The van der Waals surface area contributed by atoms with Crippen LogP contribution in [0.4, 0.5) is 0 Å². The largest absolute Gasteiger partial charge is 0.317 e. The molecular formula is C24H23O2P. The summed E-state index contributed by atoms with van der Waals surface area (Å²) < 4.78 is 14.9. The SMILES string of the molecule is C[C@@H]1C(=O)C[C@@H](c2ccccc2)[P@@](=O)(c2ccccc2)[C@H]1c1ccccc1. The topological polar surface area (TPSA) is 34.1 Å². The third-order valence-corrected chi connectivity index (χ3v) is 9.82. The van der Waals surface area contributed by atoms with Crippen LogP contribution in [0.5, 0.6) is 0 Å². The van der Waals surface area contributed by atoms with Crippen molar-refractivity contribution >= 4 is 18.2 Å². The van der Waals surface area contributed by atoms with Gasteiger partial charge in [0.05, 0.1) is 5.66 Å². The van der Waals surface area contributed by atoms with Crippen molar-refractivity contribution in [3.05, 3.63) is 102 Å². The van der Waals surface area contributed by atoms with Crippen LogP contribution in [-0.4, -0.2) is 5.78 Å². The van der Waals surface area contributed by atoms with Gasteiger partial charge in [-0.05, 0) is 11.1 Å². The van der Waals surface area contributed by atoms with E-state index in [4.69, 9.17) is 0 Å². The van der Waals surface area contributed by atoms with Gasteiger partial charge in [0.25, 0.3) is 0 Å². The van der Waals surface area contributed by atoms with E-state index in [1.165, 1.54) is 0 Å². The molecular weight excluding hydrogens is 351 g/mol. The maximum absolute atomic E-state index is 14.9. The first kappa shape index (κ1) is 17.9. The van der Waals surface area contributed by atoms with Crippen LogP contribution in [0.25, 0.3) is 0 Å². The normalized spacial score (nSPS) is 28.0. The van der Waals surface area contributed by atoms with E-state index in [0.29, 0.717) is 6.42 Å². The maximum atomic E-state index is 14.9. The number of ketones is 1. The second-order valence-electron chi connectivity index (χ2n) is 7.29. The van der Waals surface area contributed by atoms with Gasteiger partial charge in [0.1, 0.15) is 12.9 Å². The summed E-state index contributed by atoms with van der Waals surface area (Å²) in [6.45, 7) is 1.94. The zero-order valence-electron chi connectivity index (χ0n) is 15.4. The van der Waals surface area contributed by atoms with Crippen LogP contribution in [-0.2, 0) is 9.36 Å². The van der Waals surface area contributed by atoms with Crippen molar-refractivity contribution in [2.75, 3.05) is 0 Å². The quantitative estimate of drug-likeness (QED) is 0.546. The molecule has 0 bridgehead atoms. The Morgan fingerprint density at radius 2 is 1.22 bits per heavy atom. The number of carbonyl (C=O) groups excluding carboxylic acids is 1. The lowest BCUT2D eigenvalue weighted by Crippen LogP contribution is -2.33. The second-order valence-corrected chi connectivity index (χ2v) is 10.4. The molecule has 0 spiro atoms. The highest BCUT2D eigenvalue weighted by molar-refractivity contribution is 7.72. The van der Waals surface area contributed by atoms with Crippen LogP contribution in [0.3, 0.4) is 0 Å². The Morgan fingerprint density at radius 3 is 1.78 bits per heavy atom. The lowest BCUT2D eigenvalue weighted by atomic mass is 9.91. The van der Waals surface area contributed by atoms with Crippen LogP contribution in [0.2, 0.25) is 0 Å². The highest BCUT2D eigenvalue weighted by atomic mass is 31.2. The van der Waals surface area contributed by atoms with Crippen molar-refractivity contribution in [1.82, 2.24) is 0 Å². The maximum Gasteiger partial charge on any atom is 0.137 e. The average molecular weight is 374 g/mol. The Balaban J connectivity index is 1.97. The van der Waals surface area contributed by atoms with E-state index in [1.807, 2.05) is 97.9 Å². The predicted octanol–water partition coefficient (Wildman–Crippen LogP) is 5.77. The van der Waals surface area contributed by atoms with Crippen LogP contribution in [0, 0.1) is 5.92 Å². The van der Waals surface area contributed by atoms with Gasteiger partial charge < -0.3 is 4.57 Å². The molecule has 1 heterocycles. The molecule has 0 unspecified atom stereocenters. The summed E-state index contributed by atoms with van der Waals surface area (Å²) in [4.78, 5) is 13.0. The van der Waals surface area contributed by atoms with E-state index < -0.39 is 7.14 Å². The fraction of sp³-hybridized carbons (Fsp3) is 0.208. The highest BCUT2D eigenvalue weighted by Crippen LogP contribution is 2.73. The molecule has 0 amide bonds. The zero-order valence-corrected chi connectivity index (χ0v) is 16.3. The summed E-state index contributed by atoms with van der Waals surface area (Å²) in [5.41, 5.74) is 1.40. The van der Waals surface area contributed by atoms with Gasteiger partial charge in [-0.25, -0.2) is 0 Å². The third-order valence-electron chi connectivity index (χ3n) is 5.74. The van der Waals surface area contributed by atoms with Crippen LogP contribution < -0.4 is 5.30 Å². The molecule has 4 atom stereocenters. The third kappa shape index (κ3) is 3.09. The lowest BCUT2D eigenvalue weighted by Gasteiger charge is -2.42. The van der Waals surface area contributed by atoms with Crippen molar-refractivity contribution in [1.29, 1.82) is 0 Å². The van der Waals surface area contributed by atoms with Gasteiger partial charge >= 0.3 is 0 Å². The van der Waals surface area contributed by atoms with E-state index in [2.05, 4.69) is 0 Å². The van der Waals surface area contributed by atoms with E-state index in [0.717, 1.165) is 16.4 Å². The monoisotopic (exact) mass is 374 g/mol. The lowest BCUT2D eigenvalue weighted by molar-refractivity contribution is -0.123. The summed E-state index contributed by atoms with van der Waals surface area (Å²) in [5, 5.41) is 0.868. The van der Waals surface area contributed by atoms with Gasteiger partial charge in [0.2, 0.25) is 0 Å². The Labute approximate surface area is 160 Å². The van der Waals surface area contributed by atoms with Gasteiger partial charge in [-0.15, -0.1) is 0 Å². The fourth-order valence-electron chi connectivity index (χ4n) is 4.39. The summed E-state index contributed by atoms with van der Waals surface area (Å²) in [6.07, 6.45) is 0.334. The number of benzene rings is 3. The smallest absolute Gasteiger partial charge is 0.137 e. The Kier molecular flexibility index (Phi) is 4.85. The number of hydrogen-bond acceptors (Lipinski definition) is 2. The minimum atomic E-state index is -2.94. The Hall–Kier alpha value is -2.44. The number of rotatable bonds is 3. The van der Waals surface area contributed by atoms with Gasteiger partial charge in [-0.3, -0.25) is 4.79 Å². The summed E-state index contributed by atoms with van der Waals surface area (Å²) >= 11 is 0. The minimum Gasteiger partial charge on any atom is -0.317 e. The van der Waals surface area contributed by atoms with Crippen LogP contribution in [0.15, 0.2) is 91.0 Å². The summed E-state index contributed by atoms with van der Waals surface area (Å²) in [7, 11) is -2.94. The number of Topliss-reactive ketones (excluding diaryl/α,β-unsaturated/α-hetero) is 1. The molecule has 3 heteroatoms. The van der Waals surface area contributed by atoms with Gasteiger partial charge in [-0.2, -0.15) is 0 Å². The molecule has 3 aromatic carbocycles. The minimum absolute atomic E-state index is 0.195. The molecule has 1 aliphatic rings. The average Bonchev–Trinajstić information content (AvgIpc) is 2.73. The number of hydrogen-bond donors (Lipinski definition) is 0. The first-order valence-electron chi connectivity index (χ1n) is 9.40. The predicted molar refractivity (Wildman–Crippen MR) is 111 cm³/mol. The van der Waals surface area contributed by atoms with Crippen molar-refractivity contribution in [3.63, 3.8) is 0 Å². The van der Waals surface area contributed by atoms with Crippen molar-refractivity contribution in [2.45, 2.75) is 24.7 Å². The first-order valence-corrected chi connectivity index (χ1v) is 11.2. The molecule has 0 aromatic heterocycles. The van der Waals surface area contributed by atoms with Crippen molar-refractivity contribution < 1.29 is 9.36 Å². The Bertz CT molecular complexity index is 967. The van der Waals surface area contributed by atoms with Gasteiger partial charge in [0.15, 0.2) is 0 Å². The van der Waals surface area contributed by atoms with Crippen molar-refractivity contribution in [2.24, 2.45) is 5.92 Å². The van der Waals surface area contributed by atoms with E-state index in [-0.39, 0.29) is 23.0 Å². The molecule has 27 heavy (non-hydrogen) atoms. The molecule has 0 N–H and O–H groups in total. The molecule has 0 aliphatic carbocycles. The summed E-state index contributed by atoms with van der Waals surface area (Å²) in [6, 6.07) is 29.6.